The number of carboxylic acid groups (broad SMARTS) is 1. The SMILES string of the molecule is CN1CCN(C(=O)c2ccc(-n3cc(CC(=O)O)nn3)cc2)CCC1=O. The number of carbonyl (C=O) groups is 3. The lowest BCUT2D eigenvalue weighted by Crippen LogP contribution is -2.34. The number of benzene rings is 1. The summed E-state index contributed by atoms with van der Waals surface area (Å²) < 4.78 is 1.46. The summed E-state index contributed by atoms with van der Waals surface area (Å²) in [6, 6.07) is 6.82. The van der Waals surface area contributed by atoms with Gasteiger partial charge in [0.1, 0.15) is 0 Å². The van der Waals surface area contributed by atoms with Crippen LogP contribution in [0.15, 0.2) is 30.5 Å². The molecule has 9 heteroatoms. The van der Waals surface area contributed by atoms with E-state index in [1.807, 2.05) is 0 Å². The van der Waals surface area contributed by atoms with Gasteiger partial charge in [0.2, 0.25) is 5.91 Å². The summed E-state index contributed by atoms with van der Waals surface area (Å²) in [6.45, 7) is 1.43. The molecule has 1 aromatic carbocycles. The fourth-order valence-electron chi connectivity index (χ4n) is 2.73. The van der Waals surface area contributed by atoms with E-state index in [-0.39, 0.29) is 18.2 Å². The fraction of sp³-hybridized carbons (Fsp3) is 0.353. The molecule has 2 amide bonds. The van der Waals surface area contributed by atoms with Gasteiger partial charge in [-0.25, -0.2) is 4.68 Å². The third-order valence-corrected chi connectivity index (χ3v) is 4.27. The standard InChI is InChI=1S/C17H19N5O4/c1-20-8-9-21(7-6-15(20)23)17(26)12-2-4-14(5-3-12)22-11-13(18-19-22)10-16(24)25/h2-5,11H,6-10H2,1H3,(H,24,25). The van der Waals surface area contributed by atoms with Crippen LogP contribution in [0, 0.1) is 0 Å². The number of hydrogen-bond donors (Lipinski definition) is 1. The Bertz CT molecular complexity index is 830. The van der Waals surface area contributed by atoms with Crippen LogP contribution in [0.2, 0.25) is 0 Å². The van der Waals surface area contributed by atoms with Gasteiger partial charge in [-0.05, 0) is 24.3 Å². The highest BCUT2D eigenvalue weighted by Gasteiger charge is 2.22. The zero-order valence-corrected chi connectivity index (χ0v) is 14.3. The molecule has 26 heavy (non-hydrogen) atoms. The van der Waals surface area contributed by atoms with Crippen molar-refractivity contribution in [3.8, 4) is 5.69 Å². The Hall–Kier alpha value is -3.23. The zero-order chi connectivity index (χ0) is 18.7. The minimum atomic E-state index is -0.973. The minimum absolute atomic E-state index is 0.0407. The minimum Gasteiger partial charge on any atom is -0.481 e. The Morgan fingerprint density at radius 3 is 2.58 bits per heavy atom. The molecule has 3 rings (SSSR count). The molecule has 1 aromatic heterocycles. The summed E-state index contributed by atoms with van der Waals surface area (Å²) in [4.78, 5) is 38.4. The molecule has 0 unspecified atom stereocenters. The van der Waals surface area contributed by atoms with Gasteiger partial charge in [0.25, 0.3) is 5.91 Å². The molecule has 2 aromatic rings. The molecule has 136 valence electrons. The van der Waals surface area contributed by atoms with Gasteiger partial charge in [0.15, 0.2) is 0 Å². The second kappa shape index (κ2) is 7.34. The van der Waals surface area contributed by atoms with Crippen molar-refractivity contribution in [2.24, 2.45) is 0 Å². The van der Waals surface area contributed by atoms with Crippen LogP contribution in [0.3, 0.4) is 0 Å². The third-order valence-electron chi connectivity index (χ3n) is 4.27. The van der Waals surface area contributed by atoms with Crippen molar-refractivity contribution in [2.75, 3.05) is 26.7 Å². The molecule has 1 N–H and O–H groups in total. The van der Waals surface area contributed by atoms with E-state index in [1.54, 1.807) is 47.3 Å². The van der Waals surface area contributed by atoms with Gasteiger partial charge >= 0.3 is 5.97 Å². The van der Waals surface area contributed by atoms with Crippen LogP contribution in [0.4, 0.5) is 0 Å². The van der Waals surface area contributed by atoms with Gasteiger partial charge in [-0.15, -0.1) is 5.10 Å². The highest BCUT2D eigenvalue weighted by molar-refractivity contribution is 5.95. The molecule has 0 aliphatic carbocycles. The van der Waals surface area contributed by atoms with E-state index in [9.17, 15) is 14.4 Å². The Balaban J connectivity index is 1.70. The second-order valence-electron chi connectivity index (χ2n) is 6.13. The maximum absolute atomic E-state index is 12.6. The number of hydrogen-bond acceptors (Lipinski definition) is 5. The van der Waals surface area contributed by atoms with Gasteiger partial charge in [-0.1, -0.05) is 5.21 Å². The quantitative estimate of drug-likeness (QED) is 0.837. The topological polar surface area (TPSA) is 109 Å². The summed E-state index contributed by atoms with van der Waals surface area (Å²) in [7, 11) is 1.74. The molecule has 1 fully saturated rings. The fourth-order valence-corrected chi connectivity index (χ4v) is 2.73. The smallest absolute Gasteiger partial charge is 0.309 e. The number of nitrogens with zero attached hydrogens (tertiary/aromatic N) is 5. The van der Waals surface area contributed by atoms with E-state index in [4.69, 9.17) is 5.11 Å². The van der Waals surface area contributed by atoms with E-state index in [1.165, 1.54) is 4.68 Å². The van der Waals surface area contributed by atoms with E-state index in [2.05, 4.69) is 10.3 Å². The first kappa shape index (κ1) is 17.6. The van der Waals surface area contributed by atoms with E-state index < -0.39 is 5.97 Å². The molecule has 0 radical (unpaired) electrons. The number of aliphatic carboxylic acids is 1. The number of carboxylic acids is 1. The number of likely N-dealkylation sites (N-methyl/N-ethyl adjacent to an activating group) is 1. The number of rotatable bonds is 4. The third kappa shape index (κ3) is 3.88. The summed E-state index contributed by atoms with van der Waals surface area (Å²) in [6.07, 6.45) is 1.67. The maximum atomic E-state index is 12.6. The number of amides is 2. The number of aromatic nitrogens is 3. The van der Waals surface area contributed by atoms with E-state index in [0.29, 0.717) is 43.0 Å². The number of carbonyl (C=O) groups excluding carboxylic acids is 2. The van der Waals surface area contributed by atoms with Crippen LogP contribution < -0.4 is 0 Å². The summed E-state index contributed by atoms with van der Waals surface area (Å²) in [5.41, 5.74) is 1.56. The van der Waals surface area contributed by atoms with Crippen LogP contribution in [0.25, 0.3) is 5.69 Å². The predicted molar refractivity (Wildman–Crippen MR) is 90.9 cm³/mol. The molecule has 0 saturated carbocycles. The first-order valence-electron chi connectivity index (χ1n) is 8.21. The lowest BCUT2D eigenvalue weighted by molar-refractivity contribution is -0.136. The van der Waals surface area contributed by atoms with Crippen molar-refractivity contribution in [1.82, 2.24) is 24.8 Å². The van der Waals surface area contributed by atoms with Crippen molar-refractivity contribution in [3.63, 3.8) is 0 Å². The molecule has 0 spiro atoms. The van der Waals surface area contributed by atoms with E-state index >= 15 is 0 Å². The first-order valence-corrected chi connectivity index (χ1v) is 8.21. The molecular weight excluding hydrogens is 338 g/mol. The van der Waals surface area contributed by atoms with Crippen molar-refractivity contribution in [1.29, 1.82) is 0 Å². The molecule has 0 bridgehead atoms. The largest absolute Gasteiger partial charge is 0.481 e. The van der Waals surface area contributed by atoms with Crippen molar-refractivity contribution < 1.29 is 19.5 Å². The average Bonchev–Trinajstić information content (AvgIpc) is 3.01. The zero-order valence-electron chi connectivity index (χ0n) is 14.3. The summed E-state index contributed by atoms with van der Waals surface area (Å²) in [5, 5.41) is 16.5. The average molecular weight is 357 g/mol. The van der Waals surface area contributed by atoms with Gasteiger partial charge < -0.3 is 14.9 Å². The molecule has 9 nitrogen and oxygen atoms in total. The predicted octanol–water partition coefficient (Wildman–Crippen LogP) is 0.199. The van der Waals surface area contributed by atoms with Crippen LogP contribution in [0.1, 0.15) is 22.5 Å². The van der Waals surface area contributed by atoms with Gasteiger partial charge in [0.05, 0.1) is 24.0 Å². The Labute approximate surface area is 149 Å². The van der Waals surface area contributed by atoms with Crippen LogP contribution in [-0.4, -0.2) is 74.4 Å². The van der Waals surface area contributed by atoms with Gasteiger partial charge in [0, 0.05) is 38.7 Å². The normalized spacial score (nSPS) is 15.0. The maximum Gasteiger partial charge on any atom is 0.309 e. The lowest BCUT2D eigenvalue weighted by atomic mass is 10.1. The highest BCUT2D eigenvalue weighted by atomic mass is 16.4. The molecule has 1 aliphatic rings. The Morgan fingerprint density at radius 2 is 1.88 bits per heavy atom. The Kier molecular flexibility index (Phi) is 4.97. The Morgan fingerprint density at radius 1 is 1.15 bits per heavy atom. The van der Waals surface area contributed by atoms with Crippen LogP contribution >= 0.6 is 0 Å². The molecule has 0 atom stereocenters. The van der Waals surface area contributed by atoms with Crippen molar-refractivity contribution in [2.45, 2.75) is 12.8 Å². The monoisotopic (exact) mass is 357 g/mol. The molecule has 1 aliphatic heterocycles. The van der Waals surface area contributed by atoms with Crippen LogP contribution in [-0.2, 0) is 16.0 Å². The van der Waals surface area contributed by atoms with Gasteiger partial charge in [-0.2, -0.15) is 0 Å². The lowest BCUT2D eigenvalue weighted by Gasteiger charge is -2.20. The second-order valence-corrected chi connectivity index (χ2v) is 6.13. The molecular formula is C17H19N5O4. The summed E-state index contributed by atoms with van der Waals surface area (Å²) >= 11 is 0. The first-order chi connectivity index (χ1) is 12.4. The van der Waals surface area contributed by atoms with E-state index in [0.717, 1.165) is 0 Å². The highest BCUT2D eigenvalue weighted by Crippen LogP contribution is 2.13. The summed E-state index contributed by atoms with van der Waals surface area (Å²) in [5.74, 6) is -1.05. The molecule has 1 saturated heterocycles. The van der Waals surface area contributed by atoms with Crippen molar-refractivity contribution >= 4 is 17.8 Å². The van der Waals surface area contributed by atoms with Crippen molar-refractivity contribution in [3.05, 3.63) is 41.7 Å². The van der Waals surface area contributed by atoms with Gasteiger partial charge in [-0.3, -0.25) is 14.4 Å². The van der Waals surface area contributed by atoms with Crippen LogP contribution in [0.5, 0.6) is 0 Å². The molecule has 2 heterocycles.